The number of nitrogens with one attached hydrogen (secondary N) is 3. The number of benzene rings is 2. The van der Waals surface area contributed by atoms with E-state index in [0.29, 0.717) is 21.9 Å². The lowest BCUT2D eigenvalue weighted by molar-refractivity contribution is 0.0630. The van der Waals surface area contributed by atoms with Crippen LogP contribution in [0, 0.1) is 6.92 Å². The minimum absolute atomic E-state index is 0.0212. The van der Waals surface area contributed by atoms with Crippen LogP contribution in [0.15, 0.2) is 66.9 Å². The SMILES string of the molecule is Cc1[nH]ncc1-c1ccc(C(=O)Nc2nc3cc(NCC(=O)c4ccccc4)ccc3n2CC(C)(C)O)s1. The summed E-state index contributed by atoms with van der Waals surface area (Å²) in [6.07, 6.45) is 1.74. The highest BCUT2D eigenvalue weighted by Crippen LogP contribution is 2.31. The minimum atomic E-state index is -1.04. The Hall–Kier alpha value is -4.28. The molecule has 0 saturated carbocycles. The number of aliphatic hydroxyl groups is 1. The average molecular weight is 529 g/mol. The van der Waals surface area contributed by atoms with E-state index in [0.717, 1.165) is 27.3 Å². The Morgan fingerprint density at radius 3 is 2.61 bits per heavy atom. The van der Waals surface area contributed by atoms with E-state index in [1.165, 1.54) is 11.3 Å². The summed E-state index contributed by atoms with van der Waals surface area (Å²) in [6.45, 7) is 5.70. The van der Waals surface area contributed by atoms with Gasteiger partial charge in [-0.3, -0.25) is 20.0 Å². The molecule has 4 N–H and O–H groups in total. The van der Waals surface area contributed by atoms with Crippen molar-refractivity contribution in [2.75, 3.05) is 17.2 Å². The summed E-state index contributed by atoms with van der Waals surface area (Å²) in [7, 11) is 0. The van der Waals surface area contributed by atoms with Gasteiger partial charge in [-0.25, -0.2) is 4.98 Å². The zero-order valence-electron chi connectivity index (χ0n) is 21.3. The van der Waals surface area contributed by atoms with Crippen molar-refractivity contribution in [3.63, 3.8) is 0 Å². The molecule has 0 unspecified atom stereocenters. The maximum absolute atomic E-state index is 13.2. The Morgan fingerprint density at radius 1 is 1.11 bits per heavy atom. The van der Waals surface area contributed by atoms with Crippen molar-refractivity contribution >= 4 is 45.7 Å². The fourth-order valence-electron chi connectivity index (χ4n) is 4.16. The van der Waals surface area contributed by atoms with Gasteiger partial charge in [0.05, 0.1) is 40.8 Å². The fraction of sp³-hybridized carbons (Fsp3) is 0.214. The molecule has 38 heavy (non-hydrogen) atoms. The second kappa shape index (κ2) is 10.2. The molecular weight excluding hydrogens is 500 g/mol. The van der Waals surface area contributed by atoms with Gasteiger partial charge < -0.3 is 15.0 Å². The number of aromatic nitrogens is 4. The van der Waals surface area contributed by atoms with Crippen LogP contribution in [0.1, 0.15) is 39.6 Å². The van der Waals surface area contributed by atoms with Gasteiger partial charge in [-0.05, 0) is 51.1 Å². The van der Waals surface area contributed by atoms with E-state index >= 15 is 0 Å². The molecule has 0 spiro atoms. The Labute approximate surface area is 223 Å². The number of H-pyrrole nitrogens is 1. The maximum Gasteiger partial charge on any atom is 0.268 e. The molecule has 2 aromatic carbocycles. The topological polar surface area (TPSA) is 125 Å². The zero-order valence-corrected chi connectivity index (χ0v) is 22.1. The number of rotatable bonds is 9. The molecule has 10 heteroatoms. The number of carbonyl (C=O) groups is 2. The normalized spacial score (nSPS) is 11.6. The third-order valence-electron chi connectivity index (χ3n) is 5.99. The van der Waals surface area contributed by atoms with Crippen molar-refractivity contribution in [2.24, 2.45) is 0 Å². The third-order valence-corrected chi connectivity index (χ3v) is 7.11. The van der Waals surface area contributed by atoms with Gasteiger partial charge in [-0.2, -0.15) is 5.10 Å². The van der Waals surface area contributed by atoms with Crippen molar-refractivity contribution in [3.8, 4) is 10.4 Å². The lowest BCUT2D eigenvalue weighted by Gasteiger charge is -2.20. The highest BCUT2D eigenvalue weighted by molar-refractivity contribution is 7.17. The highest BCUT2D eigenvalue weighted by atomic mass is 32.1. The summed E-state index contributed by atoms with van der Waals surface area (Å²) < 4.78 is 1.79. The summed E-state index contributed by atoms with van der Waals surface area (Å²) in [5, 5.41) is 23.6. The Bertz CT molecular complexity index is 1610. The first kappa shape index (κ1) is 25.4. The van der Waals surface area contributed by atoms with Gasteiger partial charge in [0.15, 0.2) is 5.78 Å². The Kier molecular flexibility index (Phi) is 6.83. The molecule has 3 heterocycles. The molecule has 0 aliphatic heterocycles. The molecule has 0 bridgehead atoms. The van der Waals surface area contributed by atoms with Crippen molar-refractivity contribution in [2.45, 2.75) is 32.9 Å². The molecule has 0 saturated heterocycles. The van der Waals surface area contributed by atoms with Crippen LogP contribution in [0.2, 0.25) is 0 Å². The van der Waals surface area contributed by atoms with E-state index in [9.17, 15) is 14.7 Å². The maximum atomic E-state index is 13.2. The van der Waals surface area contributed by atoms with Gasteiger partial charge in [-0.1, -0.05) is 30.3 Å². The van der Waals surface area contributed by atoms with Crippen molar-refractivity contribution < 1.29 is 14.7 Å². The van der Waals surface area contributed by atoms with Crippen LogP contribution in [-0.4, -0.2) is 48.7 Å². The van der Waals surface area contributed by atoms with Gasteiger partial charge in [0.25, 0.3) is 5.91 Å². The Morgan fingerprint density at radius 2 is 1.89 bits per heavy atom. The monoisotopic (exact) mass is 528 g/mol. The zero-order chi connectivity index (χ0) is 26.9. The van der Waals surface area contributed by atoms with Crippen molar-refractivity contribution in [3.05, 3.63) is 83.0 Å². The molecule has 0 aliphatic rings. The number of ketones is 1. The third kappa shape index (κ3) is 5.51. The number of nitrogens with zero attached hydrogens (tertiary/aromatic N) is 3. The molecule has 9 nitrogen and oxygen atoms in total. The van der Waals surface area contributed by atoms with Crippen LogP contribution < -0.4 is 10.6 Å². The number of amides is 1. The number of fused-ring (bicyclic) bond motifs is 1. The lowest BCUT2D eigenvalue weighted by Crippen LogP contribution is -2.27. The largest absolute Gasteiger partial charge is 0.389 e. The minimum Gasteiger partial charge on any atom is -0.389 e. The number of thiophene rings is 1. The first-order chi connectivity index (χ1) is 18.2. The van der Waals surface area contributed by atoms with Crippen molar-refractivity contribution in [1.29, 1.82) is 0 Å². The summed E-state index contributed by atoms with van der Waals surface area (Å²) >= 11 is 1.37. The summed E-state index contributed by atoms with van der Waals surface area (Å²) in [5.74, 6) is 0.0210. The van der Waals surface area contributed by atoms with Crippen molar-refractivity contribution in [1.82, 2.24) is 19.7 Å². The van der Waals surface area contributed by atoms with E-state index in [4.69, 9.17) is 0 Å². The number of aryl methyl sites for hydroxylation is 1. The summed E-state index contributed by atoms with van der Waals surface area (Å²) in [4.78, 5) is 31.8. The number of hydrogen-bond donors (Lipinski definition) is 4. The summed E-state index contributed by atoms with van der Waals surface area (Å²) in [5.41, 5.74) is 3.59. The molecule has 0 fully saturated rings. The van der Waals surface area contributed by atoms with E-state index in [-0.39, 0.29) is 24.8 Å². The molecule has 0 atom stereocenters. The summed E-state index contributed by atoms with van der Waals surface area (Å²) in [6, 6.07) is 18.3. The van der Waals surface area contributed by atoms with Gasteiger partial charge in [-0.15, -0.1) is 11.3 Å². The molecule has 3 aromatic heterocycles. The Balaban J connectivity index is 1.39. The lowest BCUT2D eigenvalue weighted by atomic mass is 10.1. The standard InChI is InChI=1S/C28H28N6O3S/c1-17-20(14-30-33-17)24-11-12-25(38-24)26(36)32-27-31-21-13-19(9-10-22(21)34(27)16-28(2,3)37)29-15-23(35)18-7-5-4-6-8-18/h4-14,29,37H,15-16H2,1-3H3,(H,30,33)(H,31,32,36). The van der Waals surface area contributed by atoms with Crippen LogP contribution >= 0.6 is 11.3 Å². The molecular formula is C28H28N6O3S. The van der Waals surface area contributed by atoms with E-state index in [1.807, 2.05) is 49.4 Å². The average Bonchev–Trinajstić information content (AvgIpc) is 3.61. The fourth-order valence-corrected chi connectivity index (χ4v) is 5.13. The second-order valence-corrected chi connectivity index (χ2v) is 10.8. The van der Waals surface area contributed by atoms with E-state index < -0.39 is 5.60 Å². The van der Waals surface area contributed by atoms with Gasteiger partial charge in [0.2, 0.25) is 5.95 Å². The number of hydrogen-bond acceptors (Lipinski definition) is 7. The number of anilines is 2. The number of aromatic amines is 1. The first-order valence-corrected chi connectivity index (χ1v) is 13.0. The highest BCUT2D eigenvalue weighted by Gasteiger charge is 2.22. The predicted octanol–water partition coefficient (Wildman–Crippen LogP) is 5.11. The van der Waals surface area contributed by atoms with Crippen LogP contribution in [0.3, 0.4) is 0 Å². The second-order valence-electron chi connectivity index (χ2n) is 9.71. The van der Waals surface area contributed by atoms with E-state index in [2.05, 4.69) is 25.8 Å². The quantitative estimate of drug-likeness (QED) is 0.197. The van der Waals surface area contributed by atoms with Gasteiger partial charge in [0.1, 0.15) is 0 Å². The number of carbonyl (C=O) groups excluding carboxylic acids is 2. The molecule has 1 amide bonds. The van der Waals surface area contributed by atoms with Gasteiger partial charge in [0, 0.05) is 27.4 Å². The first-order valence-electron chi connectivity index (χ1n) is 12.1. The van der Waals surface area contributed by atoms with Crippen LogP contribution in [0.4, 0.5) is 11.6 Å². The molecule has 5 aromatic rings. The molecule has 194 valence electrons. The molecule has 5 rings (SSSR count). The van der Waals surface area contributed by atoms with Gasteiger partial charge >= 0.3 is 0 Å². The smallest absolute Gasteiger partial charge is 0.268 e. The van der Waals surface area contributed by atoms with Crippen LogP contribution in [0.5, 0.6) is 0 Å². The van der Waals surface area contributed by atoms with Crippen LogP contribution in [0.25, 0.3) is 21.5 Å². The van der Waals surface area contributed by atoms with E-state index in [1.54, 1.807) is 42.8 Å². The number of imidazole rings is 1. The van der Waals surface area contributed by atoms with Crippen LogP contribution in [-0.2, 0) is 6.54 Å². The number of Topliss-reactive ketones (excluding diaryl/α,β-unsaturated/α-hetero) is 1. The molecule has 0 aliphatic carbocycles. The predicted molar refractivity (Wildman–Crippen MR) is 150 cm³/mol. The molecule has 0 radical (unpaired) electrons.